The van der Waals surface area contributed by atoms with E-state index in [9.17, 15) is 0 Å². The molecule has 2 fully saturated rings. The smallest absolute Gasteiger partial charge is 0.00826 e. The Morgan fingerprint density at radius 3 is 2.59 bits per heavy atom. The topological polar surface area (TPSA) is 52.0 Å². The van der Waals surface area contributed by atoms with Crippen LogP contribution in [0.1, 0.15) is 68.6 Å². The molecular weight excluding hydrogens is 348 g/mol. The lowest BCUT2D eigenvalue weighted by atomic mass is 9.64. The molecular formula is C24H38N2S. The predicted octanol–water partition coefficient (Wildman–Crippen LogP) is 5.39. The molecule has 6 atom stereocenters. The molecule has 3 heteroatoms. The van der Waals surface area contributed by atoms with E-state index in [0.717, 1.165) is 31.1 Å². The third-order valence-corrected chi connectivity index (χ3v) is 8.24. The first-order valence-corrected chi connectivity index (χ1v) is 11.8. The maximum Gasteiger partial charge on any atom is 0.00826 e. The van der Waals surface area contributed by atoms with Crippen molar-refractivity contribution in [3.05, 3.63) is 46.4 Å². The van der Waals surface area contributed by atoms with Gasteiger partial charge >= 0.3 is 0 Å². The summed E-state index contributed by atoms with van der Waals surface area (Å²) in [6.45, 7) is 10.9. The van der Waals surface area contributed by atoms with Crippen LogP contribution in [0.15, 0.2) is 29.7 Å². The summed E-state index contributed by atoms with van der Waals surface area (Å²) in [5.41, 5.74) is 17.0. The molecule has 0 bridgehead atoms. The predicted molar refractivity (Wildman–Crippen MR) is 120 cm³/mol. The maximum absolute atomic E-state index is 6.55. The molecule has 1 aromatic rings. The normalized spacial score (nSPS) is 28.6. The molecule has 0 spiro atoms. The number of rotatable bonds is 7. The van der Waals surface area contributed by atoms with Crippen molar-refractivity contribution >= 4 is 11.8 Å². The Kier molecular flexibility index (Phi) is 7.10. The van der Waals surface area contributed by atoms with Gasteiger partial charge in [-0.05, 0) is 97.0 Å². The first-order valence-electron chi connectivity index (χ1n) is 10.8. The van der Waals surface area contributed by atoms with E-state index >= 15 is 0 Å². The molecule has 3 rings (SSSR count). The van der Waals surface area contributed by atoms with Gasteiger partial charge in [-0.2, -0.15) is 0 Å². The van der Waals surface area contributed by atoms with Crippen LogP contribution in [0.25, 0.3) is 0 Å². The van der Waals surface area contributed by atoms with Gasteiger partial charge in [0.1, 0.15) is 0 Å². The number of nitrogens with two attached hydrogens (primary N) is 2. The Morgan fingerprint density at radius 1 is 1.19 bits per heavy atom. The van der Waals surface area contributed by atoms with Gasteiger partial charge in [0.2, 0.25) is 0 Å². The molecule has 1 aliphatic carbocycles. The van der Waals surface area contributed by atoms with Crippen molar-refractivity contribution in [3.63, 3.8) is 0 Å². The number of allylic oxidation sites excluding steroid dienone is 1. The number of fused-ring (bicyclic) bond motifs is 1. The zero-order chi connectivity index (χ0) is 19.6. The van der Waals surface area contributed by atoms with Crippen LogP contribution in [-0.2, 0) is 6.42 Å². The van der Waals surface area contributed by atoms with E-state index in [1.54, 1.807) is 0 Å². The van der Waals surface area contributed by atoms with E-state index in [4.69, 9.17) is 11.5 Å². The summed E-state index contributed by atoms with van der Waals surface area (Å²) >= 11 is 2.00. The summed E-state index contributed by atoms with van der Waals surface area (Å²) in [4.78, 5) is 1.43. The largest absolute Gasteiger partial charge is 0.328 e. The molecule has 27 heavy (non-hydrogen) atoms. The van der Waals surface area contributed by atoms with E-state index in [1.165, 1.54) is 46.6 Å². The molecule has 6 unspecified atom stereocenters. The van der Waals surface area contributed by atoms with Crippen LogP contribution >= 0.6 is 11.8 Å². The average molecular weight is 387 g/mol. The second kappa shape index (κ2) is 9.15. The van der Waals surface area contributed by atoms with E-state index in [2.05, 4.69) is 45.5 Å². The lowest BCUT2D eigenvalue weighted by Crippen LogP contribution is -2.34. The fourth-order valence-corrected chi connectivity index (χ4v) is 6.25. The molecule has 2 nitrogen and oxygen atoms in total. The number of benzene rings is 1. The number of hydrogen-bond acceptors (Lipinski definition) is 3. The summed E-state index contributed by atoms with van der Waals surface area (Å²) in [5.74, 6) is 3.97. The van der Waals surface area contributed by atoms with Crippen molar-refractivity contribution in [1.29, 1.82) is 0 Å². The molecule has 1 heterocycles. The van der Waals surface area contributed by atoms with Crippen molar-refractivity contribution in [2.75, 3.05) is 5.75 Å². The van der Waals surface area contributed by atoms with Crippen molar-refractivity contribution in [3.8, 4) is 0 Å². The Balaban J connectivity index is 1.73. The summed E-state index contributed by atoms with van der Waals surface area (Å²) in [5, 5.41) is 0. The Bertz CT molecular complexity index is 654. The van der Waals surface area contributed by atoms with E-state index < -0.39 is 0 Å². The van der Waals surface area contributed by atoms with Crippen molar-refractivity contribution in [1.82, 2.24) is 0 Å². The van der Waals surface area contributed by atoms with Gasteiger partial charge in [0.05, 0.1) is 0 Å². The lowest BCUT2D eigenvalue weighted by Gasteiger charge is -2.41. The Labute approximate surface area is 170 Å². The van der Waals surface area contributed by atoms with Gasteiger partial charge in [-0.25, -0.2) is 0 Å². The quantitative estimate of drug-likeness (QED) is 0.660. The van der Waals surface area contributed by atoms with Crippen LogP contribution in [0.2, 0.25) is 0 Å². The van der Waals surface area contributed by atoms with Gasteiger partial charge < -0.3 is 11.5 Å². The summed E-state index contributed by atoms with van der Waals surface area (Å²) in [6, 6.07) is 7.58. The Hall–Kier alpha value is -0.770. The van der Waals surface area contributed by atoms with Gasteiger partial charge in [0, 0.05) is 12.1 Å². The standard InChI is InChI=1S/C24H38N2S/c1-5-18(16(3)25)13-21(26)14-20-12-19(7-6-15(20)2)23-10-11-27-17(4)22-8-9-24(22)23/h6-7,12,16,18,21-24H,4-5,8-11,13-14,25-26H2,1-3H3. The number of aryl methyl sites for hydroxylation is 1. The molecule has 0 amide bonds. The summed E-state index contributed by atoms with van der Waals surface area (Å²) in [6.07, 6.45) is 7.07. The molecule has 0 aromatic heterocycles. The SMILES string of the molecule is C=C1SCCC(c2ccc(C)c(CC(N)CC(CC)C(C)N)c2)C2CCC12. The molecule has 1 saturated carbocycles. The van der Waals surface area contributed by atoms with Crippen molar-refractivity contribution < 1.29 is 0 Å². The highest BCUT2D eigenvalue weighted by atomic mass is 32.2. The number of hydrogen-bond donors (Lipinski definition) is 2. The molecule has 1 saturated heterocycles. The highest BCUT2D eigenvalue weighted by molar-refractivity contribution is 8.03. The van der Waals surface area contributed by atoms with Gasteiger partial charge in [-0.15, -0.1) is 11.8 Å². The van der Waals surface area contributed by atoms with E-state index in [0.29, 0.717) is 11.8 Å². The zero-order valence-corrected chi connectivity index (χ0v) is 18.2. The average Bonchev–Trinajstić information content (AvgIpc) is 2.69. The van der Waals surface area contributed by atoms with Crippen LogP contribution in [0, 0.1) is 24.7 Å². The lowest BCUT2D eigenvalue weighted by molar-refractivity contribution is 0.182. The second-order valence-electron chi connectivity index (χ2n) is 8.97. The van der Waals surface area contributed by atoms with Crippen LogP contribution in [0.4, 0.5) is 0 Å². The first kappa shape index (κ1) is 21.0. The van der Waals surface area contributed by atoms with Gasteiger partial charge in [-0.1, -0.05) is 38.1 Å². The molecule has 0 radical (unpaired) electrons. The van der Waals surface area contributed by atoms with E-state index in [1.807, 2.05) is 11.8 Å². The molecule has 150 valence electrons. The molecule has 2 aliphatic rings. The monoisotopic (exact) mass is 386 g/mol. The second-order valence-corrected chi connectivity index (χ2v) is 10.2. The minimum absolute atomic E-state index is 0.191. The molecule has 1 aromatic carbocycles. The fourth-order valence-electron chi connectivity index (χ4n) is 5.11. The van der Waals surface area contributed by atoms with Crippen LogP contribution in [0.5, 0.6) is 0 Å². The van der Waals surface area contributed by atoms with Gasteiger partial charge in [0.15, 0.2) is 0 Å². The highest BCUT2D eigenvalue weighted by Gasteiger charge is 2.40. The maximum atomic E-state index is 6.55. The number of thioether (sulfide) groups is 1. The summed E-state index contributed by atoms with van der Waals surface area (Å²) < 4.78 is 0. The third kappa shape index (κ3) is 4.81. The molecule has 4 N–H and O–H groups in total. The van der Waals surface area contributed by atoms with Gasteiger partial charge in [-0.3, -0.25) is 0 Å². The minimum atomic E-state index is 0.191. The van der Waals surface area contributed by atoms with Crippen LogP contribution in [-0.4, -0.2) is 17.8 Å². The van der Waals surface area contributed by atoms with Crippen molar-refractivity contribution in [2.45, 2.75) is 77.3 Å². The highest BCUT2D eigenvalue weighted by Crippen LogP contribution is 2.53. The van der Waals surface area contributed by atoms with Crippen LogP contribution in [0.3, 0.4) is 0 Å². The van der Waals surface area contributed by atoms with Crippen LogP contribution < -0.4 is 11.5 Å². The third-order valence-electron chi connectivity index (χ3n) is 7.13. The minimum Gasteiger partial charge on any atom is -0.328 e. The Morgan fingerprint density at radius 2 is 1.96 bits per heavy atom. The molecule has 1 aliphatic heterocycles. The summed E-state index contributed by atoms with van der Waals surface area (Å²) in [7, 11) is 0. The first-order chi connectivity index (χ1) is 12.9. The van der Waals surface area contributed by atoms with E-state index in [-0.39, 0.29) is 12.1 Å². The van der Waals surface area contributed by atoms with Crippen molar-refractivity contribution in [2.24, 2.45) is 29.2 Å². The van der Waals surface area contributed by atoms with Gasteiger partial charge in [0.25, 0.3) is 0 Å². The zero-order valence-electron chi connectivity index (χ0n) is 17.4. The fraction of sp³-hybridized carbons (Fsp3) is 0.667.